The molecule has 5 nitrogen and oxygen atoms in total. The Kier molecular flexibility index (Phi) is 7.55. The van der Waals surface area contributed by atoms with Crippen LogP contribution in [0, 0.1) is 5.82 Å². The summed E-state index contributed by atoms with van der Waals surface area (Å²) in [4.78, 5) is 29.5. The summed E-state index contributed by atoms with van der Waals surface area (Å²) in [6.07, 6.45) is 0.512. The number of hydrogen-bond donors (Lipinski definition) is 1. The third kappa shape index (κ3) is 5.79. The van der Waals surface area contributed by atoms with Crippen LogP contribution >= 0.6 is 23.8 Å². The van der Waals surface area contributed by atoms with Crippen molar-refractivity contribution in [1.29, 1.82) is 0 Å². The summed E-state index contributed by atoms with van der Waals surface area (Å²) in [6, 6.07) is 21.9. The molecule has 174 valence electrons. The maximum Gasteiger partial charge on any atom is 0.252 e. The first-order valence-corrected chi connectivity index (χ1v) is 11.6. The van der Waals surface area contributed by atoms with Gasteiger partial charge in [-0.3, -0.25) is 14.5 Å². The molecule has 34 heavy (non-hydrogen) atoms. The third-order valence-corrected chi connectivity index (χ3v) is 6.36. The lowest BCUT2D eigenvalue weighted by Crippen LogP contribution is -2.39. The Morgan fingerprint density at radius 2 is 1.65 bits per heavy atom. The molecule has 0 spiro atoms. The minimum absolute atomic E-state index is 0.0453. The normalized spacial score (nSPS) is 15.6. The quantitative estimate of drug-likeness (QED) is 0.444. The van der Waals surface area contributed by atoms with Gasteiger partial charge in [-0.05, 0) is 66.2 Å². The van der Waals surface area contributed by atoms with E-state index in [1.807, 2.05) is 30.3 Å². The van der Waals surface area contributed by atoms with E-state index in [0.29, 0.717) is 35.3 Å². The molecule has 1 saturated heterocycles. The van der Waals surface area contributed by atoms with Gasteiger partial charge in [0.25, 0.3) is 5.91 Å². The zero-order valence-corrected chi connectivity index (χ0v) is 19.9. The van der Waals surface area contributed by atoms with Crippen LogP contribution in [-0.2, 0) is 22.6 Å². The van der Waals surface area contributed by atoms with Crippen molar-refractivity contribution < 1.29 is 14.0 Å². The lowest BCUT2D eigenvalue weighted by Gasteiger charge is -2.24. The van der Waals surface area contributed by atoms with Crippen LogP contribution < -0.4 is 5.32 Å². The Labute approximate surface area is 208 Å². The van der Waals surface area contributed by atoms with Gasteiger partial charge in [-0.25, -0.2) is 4.39 Å². The zero-order valence-electron chi connectivity index (χ0n) is 18.3. The van der Waals surface area contributed by atoms with E-state index in [2.05, 4.69) is 5.32 Å². The molecule has 1 aliphatic rings. The van der Waals surface area contributed by atoms with Gasteiger partial charge in [0.05, 0.1) is 13.0 Å². The molecular weight excluding hydrogens is 473 g/mol. The van der Waals surface area contributed by atoms with Crippen molar-refractivity contribution in [1.82, 2.24) is 9.80 Å². The number of anilines is 1. The summed E-state index contributed by atoms with van der Waals surface area (Å²) in [5.74, 6) is -0.808. The fraction of sp³-hybridized carbons (Fsp3) is 0.192. The van der Waals surface area contributed by atoms with E-state index in [1.165, 1.54) is 12.1 Å². The number of amides is 2. The second-order valence-electron chi connectivity index (χ2n) is 8.04. The molecule has 1 fully saturated rings. The molecule has 0 aromatic heterocycles. The van der Waals surface area contributed by atoms with Crippen molar-refractivity contribution in [2.45, 2.75) is 25.4 Å². The molecule has 0 bridgehead atoms. The molecular formula is C26H23ClFN3O2S. The molecule has 2 amide bonds. The number of carbonyl (C=O) groups excluding carboxylic acids is 2. The lowest BCUT2D eigenvalue weighted by molar-refractivity contribution is -0.131. The van der Waals surface area contributed by atoms with Gasteiger partial charge >= 0.3 is 0 Å². The highest BCUT2D eigenvalue weighted by atomic mass is 35.5. The van der Waals surface area contributed by atoms with E-state index >= 15 is 0 Å². The average molecular weight is 496 g/mol. The number of nitrogens with zero attached hydrogens (tertiary/aromatic N) is 2. The van der Waals surface area contributed by atoms with Crippen LogP contribution in [0.5, 0.6) is 0 Å². The Hall–Kier alpha value is -3.29. The van der Waals surface area contributed by atoms with Crippen molar-refractivity contribution in [2.24, 2.45) is 0 Å². The molecule has 0 unspecified atom stereocenters. The van der Waals surface area contributed by atoms with Crippen molar-refractivity contribution in [3.8, 4) is 0 Å². The molecule has 0 saturated carbocycles. The monoisotopic (exact) mass is 495 g/mol. The molecule has 1 aliphatic heterocycles. The minimum atomic E-state index is -0.719. The Balaban J connectivity index is 1.50. The molecule has 0 radical (unpaired) electrons. The van der Waals surface area contributed by atoms with Crippen LogP contribution in [0.3, 0.4) is 0 Å². The third-order valence-electron chi connectivity index (χ3n) is 5.65. The number of nitrogens with one attached hydrogen (secondary N) is 1. The van der Waals surface area contributed by atoms with E-state index < -0.39 is 6.04 Å². The first kappa shape index (κ1) is 23.9. The van der Waals surface area contributed by atoms with E-state index in [1.54, 1.807) is 46.2 Å². The largest absolute Gasteiger partial charge is 0.336 e. The average Bonchev–Trinajstić information content (AvgIpc) is 3.04. The van der Waals surface area contributed by atoms with Crippen molar-refractivity contribution in [2.75, 3.05) is 11.9 Å². The van der Waals surface area contributed by atoms with Gasteiger partial charge in [0, 0.05) is 17.3 Å². The summed E-state index contributed by atoms with van der Waals surface area (Å²) in [5, 5.41) is 3.77. The van der Waals surface area contributed by atoms with E-state index in [9.17, 15) is 14.0 Å². The van der Waals surface area contributed by atoms with Crippen molar-refractivity contribution in [3.63, 3.8) is 0 Å². The maximum atomic E-state index is 13.4. The SMILES string of the molecule is O=C(C[C@@H]1C(=O)N(Cc2ccccc2)C(=S)N1CCc1ccc(F)cc1)Nc1ccc(Cl)cc1. The maximum absolute atomic E-state index is 13.4. The number of carbonyl (C=O) groups is 2. The van der Waals surface area contributed by atoms with Crippen LogP contribution in [0.25, 0.3) is 0 Å². The second kappa shape index (κ2) is 10.8. The molecule has 3 aromatic rings. The molecule has 1 heterocycles. The van der Waals surface area contributed by atoms with Gasteiger partial charge in [0.2, 0.25) is 5.91 Å². The van der Waals surface area contributed by atoms with Gasteiger partial charge in [-0.1, -0.05) is 54.1 Å². The first-order valence-electron chi connectivity index (χ1n) is 10.9. The zero-order chi connectivity index (χ0) is 24.1. The Morgan fingerprint density at radius 1 is 0.971 bits per heavy atom. The molecule has 1 atom stereocenters. The summed E-state index contributed by atoms with van der Waals surface area (Å²) in [7, 11) is 0. The lowest BCUT2D eigenvalue weighted by atomic mass is 10.1. The molecule has 4 rings (SSSR count). The van der Waals surface area contributed by atoms with E-state index in [0.717, 1.165) is 11.1 Å². The van der Waals surface area contributed by atoms with Crippen molar-refractivity contribution in [3.05, 3.63) is 101 Å². The molecule has 8 heteroatoms. The number of rotatable bonds is 8. The Bertz CT molecular complexity index is 1170. The van der Waals surface area contributed by atoms with Crippen molar-refractivity contribution >= 4 is 46.4 Å². The molecule has 3 aromatic carbocycles. The highest BCUT2D eigenvalue weighted by Crippen LogP contribution is 2.24. The van der Waals surface area contributed by atoms with Crippen LogP contribution in [-0.4, -0.2) is 39.3 Å². The van der Waals surface area contributed by atoms with Crippen LogP contribution in [0.2, 0.25) is 5.02 Å². The van der Waals surface area contributed by atoms with Gasteiger partial charge in [0.1, 0.15) is 11.9 Å². The van der Waals surface area contributed by atoms with Gasteiger partial charge in [-0.15, -0.1) is 0 Å². The van der Waals surface area contributed by atoms with E-state index in [4.69, 9.17) is 23.8 Å². The topological polar surface area (TPSA) is 52.7 Å². The predicted molar refractivity (Wildman–Crippen MR) is 135 cm³/mol. The van der Waals surface area contributed by atoms with E-state index in [-0.39, 0.29) is 24.1 Å². The molecule has 1 N–H and O–H groups in total. The number of benzene rings is 3. The summed E-state index contributed by atoms with van der Waals surface area (Å²) in [5.41, 5.74) is 2.46. The minimum Gasteiger partial charge on any atom is -0.336 e. The Morgan fingerprint density at radius 3 is 2.32 bits per heavy atom. The summed E-state index contributed by atoms with van der Waals surface area (Å²) in [6.45, 7) is 0.765. The highest BCUT2D eigenvalue weighted by molar-refractivity contribution is 7.80. The van der Waals surface area contributed by atoms with Crippen LogP contribution in [0.1, 0.15) is 17.5 Å². The highest BCUT2D eigenvalue weighted by Gasteiger charge is 2.43. The van der Waals surface area contributed by atoms with Gasteiger partial charge < -0.3 is 10.2 Å². The number of hydrogen-bond acceptors (Lipinski definition) is 3. The van der Waals surface area contributed by atoms with Crippen LogP contribution in [0.4, 0.5) is 10.1 Å². The standard InChI is InChI=1S/C26H23ClFN3O2S/c27-20-8-12-22(13-9-20)29-24(32)16-23-25(33)31(17-19-4-2-1-3-5-19)26(34)30(23)15-14-18-6-10-21(28)11-7-18/h1-13,23H,14-17H2,(H,29,32)/t23-/m1/s1. The summed E-state index contributed by atoms with van der Waals surface area (Å²) >= 11 is 11.6. The smallest absolute Gasteiger partial charge is 0.252 e. The second-order valence-corrected chi connectivity index (χ2v) is 8.84. The summed E-state index contributed by atoms with van der Waals surface area (Å²) < 4.78 is 13.3. The fourth-order valence-corrected chi connectivity index (χ4v) is 4.38. The fourth-order valence-electron chi connectivity index (χ4n) is 3.88. The molecule has 0 aliphatic carbocycles. The van der Waals surface area contributed by atoms with Crippen LogP contribution in [0.15, 0.2) is 78.9 Å². The predicted octanol–water partition coefficient (Wildman–Crippen LogP) is 5.05. The number of thiocarbonyl (C=S) groups is 1. The van der Waals surface area contributed by atoms with Gasteiger partial charge in [0.15, 0.2) is 5.11 Å². The number of halogens is 2. The first-order chi connectivity index (χ1) is 16.4. The van der Waals surface area contributed by atoms with Gasteiger partial charge in [-0.2, -0.15) is 0 Å².